The molecule has 0 saturated heterocycles. The standard InChI is InChI=1S/C27H25N5O4S/c1-17-5-11-21(12-6-17)37(34,35)32-16-14-23-22(13-15-28-26(23)32)25-24(29-18(2)36-25)19-7-9-20(10-8-19)30-27(33)31(3)4/h5-16H,1-4H3,(H,30,33). The van der Waals surface area contributed by atoms with E-state index in [1.54, 1.807) is 75.7 Å². The summed E-state index contributed by atoms with van der Waals surface area (Å²) >= 11 is 0. The van der Waals surface area contributed by atoms with Gasteiger partial charge in [-0.3, -0.25) is 0 Å². The molecule has 0 aliphatic heterocycles. The highest BCUT2D eigenvalue weighted by Gasteiger charge is 2.23. The van der Waals surface area contributed by atoms with Crippen molar-refractivity contribution in [2.45, 2.75) is 18.7 Å². The van der Waals surface area contributed by atoms with E-state index in [9.17, 15) is 13.2 Å². The van der Waals surface area contributed by atoms with Crippen LogP contribution in [0, 0.1) is 13.8 Å². The molecule has 5 aromatic rings. The van der Waals surface area contributed by atoms with E-state index >= 15 is 0 Å². The summed E-state index contributed by atoms with van der Waals surface area (Å²) in [6.45, 7) is 3.66. The number of amides is 2. The molecule has 2 amide bonds. The van der Waals surface area contributed by atoms with Gasteiger partial charge in [0.25, 0.3) is 10.0 Å². The third-order valence-electron chi connectivity index (χ3n) is 5.93. The fraction of sp³-hybridized carbons (Fsp3) is 0.148. The van der Waals surface area contributed by atoms with Crippen LogP contribution in [0.1, 0.15) is 11.5 Å². The van der Waals surface area contributed by atoms with Crippen LogP contribution >= 0.6 is 0 Å². The van der Waals surface area contributed by atoms with Crippen LogP contribution in [0.25, 0.3) is 33.6 Å². The molecule has 0 atom stereocenters. The lowest BCUT2D eigenvalue weighted by Crippen LogP contribution is -2.27. The predicted octanol–water partition coefficient (Wildman–Crippen LogP) is 5.31. The van der Waals surface area contributed by atoms with Crippen LogP contribution in [0.4, 0.5) is 10.5 Å². The van der Waals surface area contributed by atoms with E-state index < -0.39 is 10.0 Å². The molecule has 37 heavy (non-hydrogen) atoms. The Morgan fingerprint density at radius 1 is 0.973 bits per heavy atom. The van der Waals surface area contributed by atoms with Crippen molar-refractivity contribution < 1.29 is 17.6 Å². The first-order valence-electron chi connectivity index (χ1n) is 11.5. The van der Waals surface area contributed by atoms with Gasteiger partial charge in [-0.2, -0.15) is 0 Å². The van der Waals surface area contributed by atoms with Crippen LogP contribution in [0.15, 0.2) is 82.4 Å². The SMILES string of the molecule is Cc1ccc(S(=O)(=O)n2ccc3c(-c4oc(C)nc4-c4ccc(NC(=O)N(C)C)cc4)ccnc32)cc1. The van der Waals surface area contributed by atoms with Crippen LogP contribution in [0.2, 0.25) is 0 Å². The Balaban J connectivity index is 1.57. The number of benzene rings is 2. The number of nitrogens with one attached hydrogen (secondary N) is 1. The van der Waals surface area contributed by atoms with Gasteiger partial charge in [-0.1, -0.05) is 29.8 Å². The molecule has 188 valence electrons. The van der Waals surface area contributed by atoms with E-state index in [0.717, 1.165) is 11.1 Å². The van der Waals surface area contributed by atoms with Gasteiger partial charge in [0.1, 0.15) is 5.69 Å². The summed E-state index contributed by atoms with van der Waals surface area (Å²) in [5, 5.41) is 3.42. The molecule has 3 heterocycles. The van der Waals surface area contributed by atoms with Crippen molar-refractivity contribution in [3.8, 4) is 22.6 Å². The molecule has 2 aromatic carbocycles. The van der Waals surface area contributed by atoms with Gasteiger partial charge < -0.3 is 14.6 Å². The number of rotatable bonds is 5. The monoisotopic (exact) mass is 515 g/mol. The second kappa shape index (κ2) is 9.21. The van der Waals surface area contributed by atoms with Gasteiger partial charge in [-0.15, -0.1) is 0 Å². The summed E-state index contributed by atoms with van der Waals surface area (Å²) in [4.78, 5) is 22.5. The first-order chi connectivity index (χ1) is 17.6. The lowest BCUT2D eigenvalue weighted by atomic mass is 10.0. The molecule has 0 unspecified atom stereocenters. The maximum absolute atomic E-state index is 13.4. The molecule has 3 aromatic heterocycles. The van der Waals surface area contributed by atoms with Crippen molar-refractivity contribution in [1.82, 2.24) is 18.8 Å². The van der Waals surface area contributed by atoms with Gasteiger partial charge in [0, 0.05) is 55.6 Å². The lowest BCUT2D eigenvalue weighted by molar-refractivity contribution is 0.230. The summed E-state index contributed by atoms with van der Waals surface area (Å²) in [6, 6.07) is 17.2. The maximum atomic E-state index is 13.4. The van der Waals surface area contributed by atoms with Crippen LogP contribution in [0.3, 0.4) is 0 Å². The first kappa shape index (κ1) is 24.3. The zero-order chi connectivity index (χ0) is 26.3. The van der Waals surface area contributed by atoms with Crippen LogP contribution in [-0.4, -0.2) is 47.4 Å². The van der Waals surface area contributed by atoms with E-state index in [0.29, 0.717) is 39.6 Å². The highest BCUT2D eigenvalue weighted by Crippen LogP contribution is 2.37. The maximum Gasteiger partial charge on any atom is 0.321 e. The van der Waals surface area contributed by atoms with E-state index in [1.807, 2.05) is 19.1 Å². The average molecular weight is 516 g/mol. The third-order valence-corrected chi connectivity index (χ3v) is 7.61. The van der Waals surface area contributed by atoms with Gasteiger partial charge in [0.15, 0.2) is 17.3 Å². The number of aryl methyl sites for hydroxylation is 2. The second-order valence-electron chi connectivity index (χ2n) is 8.84. The molecule has 10 heteroatoms. The van der Waals surface area contributed by atoms with Crippen LogP contribution in [-0.2, 0) is 10.0 Å². The first-order valence-corrected chi connectivity index (χ1v) is 12.9. The number of hydrogen-bond donors (Lipinski definition) is 1. The fourth-order valence-electron chi connectivity index (χ4n) is 3.98. The van der Waals surface area contributed by atoms with Crippen LogP contribution in [0.5, 0.6) is 0 Å². The minimum atomic E-state index is -3.85. The second-order valence-corrected chi connectivity index (χ2v) is 10.7. The molecule has 0 aliphatic carbocycles. The number of hydrogen-bond acceptors (Lipinski definition) is 6. The third kappa shape index (κ3) is 4.47. The molecule has 0 saturated carbocycles. The van der Waals surface area contributed by atoms with Gasteiger partial charge in [-0.25, -0.2) is 27.2 Å². The Morgan fingerprint density at radius 3 is 2.35 bits per heavy atom. The molecule has 0 bridgehead atoms. The number of aromatic nitrogens is 3. The van der Waals surface area contributed by atoms with E-state index in [4.69, 9.17) is 4.42 Å². The van der Waals surface area contributed by atoms with Crippen molar-refractivity contribution in [3.05, 3.63) is 84.5 Å². The van der Waals surface area contributed by atoms with Crippen molar-refractivity contribution in [2.75, 3.05) is 19.4 Å². The topological polar surface area (TPSA) is 110 Å². The van der Waals surface area contributed by atoms with Crippen LogP contribution < -0.4 is 5.32 Å². The summed E-state index contributed by atoms with van der Waals surface area (Å²) < 4.78 is 33.9. The number of carbonyl (C=O) groups excluding carboxylic acids is 1. The van der Waals surface area contributed by atoms with Gasteiger partial charge in [-0.05, 0) is 43.3 Å². The Kier molecular flexibility index (Phi) is 6.04. The molecule has 0 aliphatic rings. The van der Waals surface area contributed by atoms with Gasteiger partial charge in [0.2, 0.25) is 0 Å². The Bertz CT molecular complexity index is 1720. The van der Waals surface area contributed by atoms with Gasteiger partial charge >= 0.3 is 6.03 Å². The van der Waals surface area contributed by atoms with Crippen molar-refractivity contribution >= 4 is 32.8 Å². The smallest absolute Gasteiger partial charge is 0.321 e. The number of pyridine rings is 1. The Labute approximate surface area is 214 Å². The molecule has 0 fully saturated rings. The average Bonchev–Trinajstić information content (AvgIpc) is 3.49. The molecule has 0 spiro atoms. The number of nitrogens with zero attached hydrogens (tertiary/aromatic N) is 4. The quantitative estimate of drug-likeness (QED) is 0.340. The molecule has 9 nitrogen and oxygen atoms in total. The lowest BCUT2D eigenvalue weighted by Gasteiger charge is -2.12. The van der Waals surface area contributed by atoms with Crippen molar-refractivity contribution in [1.29, 1.82) is 0 Å². The Hall–Kier alpha value is -4.44. The van der Waals surface area contributed by atoms with Crippen molar-refractivity contribution in [3.63, 3.8) is 0 Å². The molecular weight excluding hydrogens is 490 g/mol. The minimum absolute atomic E-state index is 0.181. The number of oxazole rings is 1. The van der Waals surface area contributed by atoms with Crippen molar-refractivity contribution in [2.24, 2.45) is 0 Å². The largest absolute Gasteiger partial charge is 0.440 e. The number of urea groups is 1. The zero-order valence-corrected chi connectivity index (χ0v) is 21.6. The summed E-state index contributed by atoms with van der Waals surface area (Å²) in [5.41, 5.74) is 3.96. The minimum Gasteiger partial charge on any atom is -0.440 e. The zero-order valence-electron chi connectivity index (χ0n) is 20.8. The number of carbonyl (C=O) groups is 1. The van der Waals surface area contributed by atoms with E-state index in [-0.39, 0.29) is 10.9 Å². The van der Waals surface area contributed by atoms with Gasteiger partial charge in [0.05, 0.1) is 4.90 Å². The van der Waals surface area contributed by atoms with E-state index in [1.165, 1.54) is 15.1 Å². The summed E-state index contributed by atoms with van der Waals surface area (Å²) in [7, 11) is -0.507. The van der Waals surface area contributed by atoms with E-state index in [2.05, 4.69) is 15.3 Å². The Morgan fingerprint density at radius 2 is 1.68 bits per heavy atom. The summed E-state index contributed by atoms with van der Waals surface area (Å²) in [5.74, 6) is 0.965. The highest BCUT2D eigenvalue weighted by molar-refractivity contribution is 7.90. The number of anilines is 1. The normalized spacial score (nSPS) is 11.6. The molecule has 1 N–H and O–H groups in total. The highest BCUT2D eigenvalue weighted by atomic mass is 32.2. The molecular formula is C27H25N5O4S. The molecule has 0 radical (unpaired) electrons. The predicted molar refractivity (Wildman–Crippen MR) is 142 cm³/mol. The summed E-state index contributed by atoms with van der Waals surface area (Å²) in [6.07, 6.45) is 3.06. The fourth-order valence-corrected chi connectivity index (χ4v) is 5.28. The molecule has 5 rings (SSSR count). The number of fused-ring (bicyclic) bond motifs is 1.